The molecule has 10 heteroatoms. The normalized spacial score (nSPS) is 19.0. The molecule has 0 aromatic carbocycles. The monoisotopic (exact) mass is 375 g/mol. The first-order valence-corrected chi connectivity index (χ1v) is 8.56. The maximum Gasteiger partial charge on any atom is 0.290 e. The number of nitrogens with one attached hydrogen (secondary N) is 3. The summed E-state index contributed by atoms with van der Waals surface area (Å²) >= 11 is 0. The summed E-state index contributed by atoms with van der Waals surface area (Å²) in [6.45, 7) is 2.43. The number of rotatable bonds is 6. The minimum absolute atomic E-state index is 0.0710. The van der Waals surface area contributed by atoms with E-state index in [1.54, 1.807) is 13.0 Å². The average Bonchev–Trinajstić information content (AvgIpc) is 3.40. The number of methoxy groups -OCH3 is 1. The Kier molecular flexibility index (Phi) is 5.43. The zero-order valence-corrected chi connectivity index (χ0v) is 15.0. The second kappa shape index (κ2) is 7.94. The molecule has 1 aliphatic rings. The van der Waals surface area contributed by atoms with E-state index in [4.69, 9.17) is 9.15 Å². The lowest BCUT2D eigenvalue weighted by Crippen LogP contribution is -2.45. The summed E-state index contributed by atoms with van der Waals surface area (Å²) < 4.78 is 10.3. The number of hydrogen-bond donors (Lipinski definition) is 3. The Morgan fingerprint density at radius 3 is 2.81 bits per heavy atom. The van der Waals surface area contributed by atoms with Gasteiger partial charge in [0.1, 0.15) is 11.7 Å². The van der Waals surface area contributed by atoms with Crippen molar-refractivity contribution in [2.24, 2.45) is 0 Å². The van der Waals surface area contributed by atoms with Gasteiger partial charge in [0.05, 0.1) is 7.11 Å². The summed E-state index contributed by atoms with van der Waals surface area (Å²) in [5.74, 6) is -0.783. The Labute approximate surface area is 155 Å². The number of likely N-dealkylation sites (N-methyl/N-ethyl adjacent to an activating group) is 1. The summed E-state index contributed by atoms with van der Waals surface area (Å²) in [6.07, 6.45) is 1.77. The van der Waals surface area contributed by atoms with Crippen molar-refractivity contribution in [2.45, 2.75) is 25.4 Å². The number of aromatic amines is 1. The van der Waals surface area contributed by atoms with E-state index >= 15 is 0 Å². The van der Waals surface area contributed by atoms with Crippen LogP contribution in [0.4, 0.5) is 0 Å². The predicted molar refractivity (Wildman–Crippen MR) is 93.2 cm³/mol. The van der Waals surface area contributed by atoms with Gasteiger partial charge in [0.25, 0.3) is 17.8 Å². The van der Waals surface area contributed by atoms with Gasteiger partial charge in [0.15, 0.2) is 5.76 Å². The number of furan rings is 1. The number of ether oxygens (including phenoxy) is 1. The lowest BCUT2D eigenvalue weighted by molar-refractivity contribution is -0.124. The number of nitrogens with zero attached hydrogens (tertiary/aromatic N) is 2. The molecule has 3 rings (SSSR count). The fourth-order valence-electron chi connectivity index (χ4n) is 3.04. The molecule has 2 atom stereocenters. The topological polar surface area (TPSA) is 130 Å². The molecule has 1 fully saturated rings. The van der Waals surface area contributed by atoms with Crippen molar-refractivity contribution in [1.82, 2.24) is 25.7 Å². The van der Waals surface area contributed by atoms with Crippen LogP contribution in [0, 0.1) is 0 Å². The Balaban J connectivity index is 1.75. The van der Waals surface area contributed by atoms with Gasteiger partial charge in [0, 0.05) is 31.4 Å². The van der Waals surface area contributed by atoms with Gasteiger partial charge in [-0.25, -0.2) is 0 Å². The smallest absolute Gasteiger partial charge is 0.290 e. The fraction of sp³-hybridized carbons (Fsp3) is 0.412. The van der Waals surface area contributed by atoms with Crippen molar-refractivity contribution < 1.29 is 23.5 Å². The molecule has 1 saturated heterocycles. The standard InChI is InChI=1S/C17H21N5O5/c1-3-18-16(24)12-8-10(20-15(23)11-6-7-19-21-11)9-22(12)17(25)13-4-5-14(26-2)27-13/h4-7,10,12H,3,8-9H2,1-2H3,(H,18,24)(H,19,21)(H,20,23)/t10-,12-/m0/s1. The quantitative estimate of drug-likeness (QED) is 0.659. The number of aromatic nitrogens is 2. The van der Waals surface area contributed by atoms with Gasteiger partial charge in [-0.1, -0.05) is 0 Å². The molecule has 3 N–H and O–H groups in total. The molecule has 10 nitrogen and oxygen atoms in total. The van der Waals surface area contributed by atoms with Crippen LogP contribution < -0.4 is 15.4 Å². The minimum atomic E-state index is -0.708. The maximum absolute atomic E-state index is 12.8. The van der Waals surface area contributed by atoms with Crippen LogP contribution in [0.1, 0.15) is 34.4 Å². The van der Waals surface area contributed by atoms with E-state index in [1.807, 2.05) is 0 Å². The molecule has 0 saturated carbocycles. The molecular weight excluding hydrogens is 354 g/mol. The molecule has 0 radical (unpaired) electrons. The van der Waals surface area contributed by atoms with E-state index in [1.165, 1.54) is 30.3 Å². The fourth-order valence-corrected chi connectivity index (χ4v) is 3.04. The highest BCUT2D eigenvalue weighted by Crippen LogP contribution is 2.24. The summed E-state index contributed by atoms with van der Waals surface area (Å²) in [5.41, 5.74) is 0.310. The van der Waals surface area contributed by atoms with Crippen LogP contribution in [0.3, 0.4) is 0 Å². The zero-order valence-electron chi connectivity index (χ0n) is 15.0. The van der Waals surface area contributed by atoms with Crippen LogP contribution in [0.5, 0.6) is 5.95 Å². The molecule has 0 bridgehead atoms. The SMILES string of the molecule is CCNC(=O)[C@@H]1C[C@H](NC(=O)c2ccn[nH]2)CN1C(=O)c1ccc(OC)o1. The minimum Gasteiger partial charge on any atom is -0.468 e. The molecule has 2 aromatic rings. The number of likely N-dealkylation sites (tertiary alicyclic amines) is 1. The molecule has 2 aromatic heterocycles. The first-order chi connectivity index (χ1) is 13.0. The Morgan fingerprint density at radius 2 is 2.19 bits per heavy atom. The Hall–Kier alpha value is -3.30. The van der Waals surface area contributed by atoms with Gasteiger partial charge in [-0.05, 0) is 25.5 Å². The van der Waals surface area contributed by atoms with Gasteiger partial charge in [-0.2, -0.15) is 5.10 Å². The van der Waals surface area contributed by atoms with Crippen LogP contribution in [-0.2, 0) is 4.79 Å². The lowest BCUT2D eigenvalue weighted by Gasteiger charge is -2.22. The zero-order chi connectivity index (χ0) is 19.4. The van der Waals surface area contributed by atoms with Gasteiger partial charge in [0.2, 0.25) is 5.91 Å². The van der Waals surface area contributed by atoms with E-state index in [-0.39, 0.29) is 36.1 Å². The van der Waals surface area contributed by atoms with E-state index < -0.39 is 11.9 Å². The van der Waals surface area contributed by atoms with Gasteiger partial charge < -0.3 is 24.7 Å². The molecule has 144 valence electrons. The number of H-pyrrole nitrogens is 1. The molecule has 0 aliphatic carbocycles. The summed E-state index contributed by atoms with van der Waals surface area (Å²) in [4.78, 5) is 38.9. The second-order valence-corrected chi connectivity index (χ2v) is 6.07. The first kappa shape index (κ1) is 18.5. The van der Waals surface area contributed by atoms with Crippen molar-refractivity contribution in [3.63, 3.8) is 0 Å². The molecule has 27 heavy (non-hydrogen) atoms. The van der Waals surface area contributed by atoms with Gasteiger partial charge >= 0.3 is 0 Å². The summed E-state index contributed by atoms with van der Waals surface area (Å²) in [5, 5.41) is 11.9. The van der Waals surface area contributed by atoms with Crippen LogP contribution in [0.15, 0.2) is 28.8 Å². The molecule has 3 heterocycles. The number of amides is 3. The van der Waals surface area contributed by atoms with E-state index in [0.717, 1.165) is 0 Å². The lowest BCUT2D eigenvalue weighted by atomic mass is 10.1. The van der Waals surface area contributed by atoms with Crippen LogP contribution in [-0.4, -0.2) is 65.1 Å². The van der Waals surface area contributed by atoms with Crippen LogP contribution >= 0.6 is 0 Å². The van der Waals surface area contributed by atoms with Crippen molar-refractivity contribution in [3.8, 4) is 5.95 Å². The average molecular weight is 375 g/mol. The van der Waals surface area contributed by atoms with E-state index in [0.29, 0.717) is 18.7 Å². The number of carbonyl (C=O) groups is 3. The van der Waals surface area contributed by atoms with Crippen molar-refractivity contribution in [1.29, 1.82) is 0 Å². The van der Waals surface area contributed by atoms with Crippen molar-refractivity contribution in [3.05, 3.63) is 35.9 Å². The van der Waals surface area contributed by atoms with Gasteiger partial charge in [-0.3, -0.25) is 19.5 Å². The third-order valence-corrected chi connectivity index (χ3v) is 4.29. The molecule has 3 amide bonds. The second-order valence-electron chi connectivity index (χ2n) is 6.07. The highest BCUT2D eigenvalue weighted by Gasteiger charge is 2.41. The maximum atomic E-state index is 12.8. The van der Waals surface area contributed by atoms with Crippen molar-refractivity contribution in [2.75, 3.05) is 20.2 Å². The third kappa shape index (κ3) is 3.94. The molecule has 0 spiro atoms. The van der Waals surface area contributed by atoms with Crippen LogP contribution in [0.25, 0.3) is 0 Å². The number of hydrogen-bond acceptors (Lipinski definition) is 6. The number of carbonyl (C=O) groups excluding carboxylic acids is 3. The highest BCUT2D eigenvalue weighted by atomic mass is 16.6. The van der Waals surface area contributed by atoms with Crippen molar-refractivity contribution >= 4 is 17.7 Å². The summed E-state index contributed by atoms with van der Waals surface area (Å²) in [7, 11) is 1.43. The predicted octanol–water partition coefficient (Wildman–Crippen LogP) is 0.161. The summed E-state index contributed by atoms with van der Waals surface area (Å²) in [6, 6.07) is 3.48. The van der Waals surface area contributed by atoms with E-state index in [9.17, 15) is 14.4 Å². The Morgan fingerprint density at radius 1 is 1.37 bits per heavy atom. The van der Waals surface area contributed by atoms with E-state index in [2.05, 4.69) is 20.8 Å². The van der Waals surface area contributed by atoms with Crippen LogP contribution in [0.2, 0.25) is 0 Å². The molecule has 0 unspecified atom stereocenters. The van der Waals surface area contributed by atoms with Gasteiger partial charge in [-0.15, -0.1) is 0 Å². The largest absolute Gasteiger partial charge is 0.468 e. The Bertz CT molecular complexity index is 816. The first-order valence-electron chi connectivity index (χ1n) is 8.56. The molecular formula is C17H21N5O5. The highest BCUT2D eigenvalue weighted by molar-refractivity contribution is 5.97. The molecule has 1 aliphatic heterocycles. The third-order valence-electron chi connectivity index (χ3n) is 4.29.